The van der Waals surface area contributed by atoms with Gasteiger partial charge in [0.15, 0.2) is 0 Å². The van der Waals surface area contributed by atoms with Gasteiger partial charge in [-0.25, -0.2) is 0 Å². The second-order valence-corrected chi connectivity index (χ2v) is 2.16. The first-order valence-electron chi connectivity index (χ1n) is 4.41. The molecule has 1 heteroatoms. The molecule has 2 aliphatic rings. The van der Waals surface area contributed by atoms with Gasteiger partial charge >= 0.3 is 0 Å². The van der Waals surface area contributed by atoms with Crippen LogP contribution in [0.2, 0.25) is 0 Å². The van der Waals surface area contributed by atoms with Crippen molar-refractivity contribution in [3.05, 3.63) is 0 Å². The van der Waals surface area contributed by atoms with Crippen LogP contribution in [-0.2, 0) is 4.79 Å². The van der Waals surface area contributed by atoms with E-state index in [4.69, 9.17) is 5.48 Å². The maximum absolute atomic E-state index is 10.9. The van der Waals surface area contributed by atoms with Gasteiger partial charge in [0.2, 0.25) is 0 Å². The Morgan fingerprint density at radius 3 is 2.43 bits per heavy atom. The van der Waals surface area contributed by atoms with Crippen LogP contribution in [0.3, 0.4) is 0 Å². The lowest BCUT2D eigenvalue weighted by Gasteiger charge is -2.22. The van der Waals surface area contributed by atoms with E-state index in [2.05, 4.69) is 0 Å². The predicted molar refractivity (Wildman–Crippen MR) is 25.9 cm³/mol. The normalized spacial score (nSPS) is 55.7. The van der Waals surface area contributed by atoms with E-state index in [0.717, 1.165) is 0 Å². The summed E-state index contributed by atoms with van der Waals surface area (Å²) in [6, 6.07) is 0. The van der Waals surface area contributed by atoms with E-state index in [-0.39, 0.29) is 0 Å². The zero-order chi connectivity index (χ0) is 8.49. The molecule has 2 fully saturated rings. The van der Waals surface area contributed by atoms with Crippen LogP contribution >= 0.6 is 0 Å². The highest BCUT2D eigenvalue weighted by Gasteiger charge is 2.52. The van der Waals surface area contributed by atoms with Crippen molar-refractivity contribution in [1.29, 1.82) is 0 Å². The van der Waals surface area contributed by atoms with Gasteiger partial charge in [-0.3, -0.25) is 4.79 Å². The highest BCUT2D eigenvalue weighted by molar-refractivity contribution is 5.87. The van der Waals surface area contributed by atoms with Gasteiger partial charge < -0.3 is 0 Å². The first-order valence-corrected chi connectivity index (χ1v) is 2.41. The van der Waals surface area contributed by atoms with E-state index in [9.17, 15) is 4.79 Å². The third kappa shape index (κ3) is 0.355. The molecule has 0 aromatic rings. The number of ketones is 1. The number of carbonyl (C=O) groups excluding carboxylic acids is 1. The number of hydrogen-bond donors (Lipinski definition) is 0. The second-order valence-electron chi connectivity index (χ2n) is 2.16. The summed E-state index contributed by atoms with van der Waals surface area (Å²) in [7, 11) is 0. The van der Waals surface area contributed by atoms with E-state index < -0.39 is 23.9 Å². The van der Waals surface area contributed by atoms with Crippen molar-refractivity contribution in [1.82, 2.24) is 0 Å². The maximum atomic E-state index is 10.9. The van der Waals surface area contributed by atoms with E-state index in [0.29, 0.717) is 12.8 Å². The lowest BCUT2D eigenvalue weighted by molar-refractivity contribution is -0.127. The van der Waals surface area contributed by atoms with Crippen LogP contribution in [-0.4, -0.2) is 5.78 Å². The summed E-state index contributed by atoms with van der Waals surface area (Å²) < 4.78 is 29.1. The zero-order valence-corrected chi connectivity index (χ0v) is 3.82. The van der Waals surface area contributed by atoms with Crippen LogP contribution < -0.4 is 0 Å². The van der Waals surface area contributed by atoms with Crippen molar-refractivity contribution >= 4 is 5.78 Å². The summed E-state index contributed by atoms with van der Waals surface area (Å²) >= 11 is 0. The van der Waals surface area contributed by atoms with E-state index in [1.54, 1.807) is 0 Å². The molecule has 0 saturated heterocycles. The van der Waals surface area contributed by atoms with Crippen molar-refractivity contribution in [3.63, 3.8) is 0 Å². The van der Waals surface area contributed by atoms with Gasteiger partial charge in [-0.2, -0.15) is 0 Å². The Kier molecular flexibility index (Phi) is 0.173. The fraction of sp³-hybridized carbons (Fsp3) is 0.833. The van der Waals surface area contributed by atoms with Gasteiger partial charge in [0.1, 0.15) is 5.78 Å². The van der Waals surface area contributed by atoms with Crippen LogP contribution in [0.5, 0.6) is 0 Å². The van der Waals surface area contributed by atoms with Gasteiger partial charge in [0.25, 0.3) is 0 Å². The summed E-state index contributed by atoms with van der Waals surface area (Å²) in [6.45, 7) is 0. The number of carbonyl (C=O) groups is 1. The summed E-state index contributed by atoms with van der Waals surface area (Å²) in [5.74, 6) is -0.873. The van der Waals surface area contributed by atoms with Gasteiger partial charge in [-0.05, 0) is 18.3 Å². The Morgan fingerprint density at radius 2 is 2.14 bits per heavy atom. The van der Waals surface area contributed by atoms with Crippen LogP contribution in [0.4, 0.5) is 0 Å². The largest absolute Gasteiger partial charge is 0.300 e. The Hall–Kier alpha value is -0.330. The van der Waals surface area contributed by atoms with E-state index in [1.165, 1.54) is 0 Å². The Bertz CT molecular complexity index is 221. The average Bonchev–Trinajstić information content (AvgIpc) is 2.64. The van der Waals surface area contributed by atoms with Crippen molar-refractivity contribution in [2.75, 3.05) is 0 Å². The molecule has 2 rings (SSSR count). The van der Waals surface area contributed by atoms with Crippen molar-refractivity contribution in [3.8, 4) is 0 Å². The van der Waals surface area contributed by atoms with Gasteiger partial charge in [-0.1, -0.05) is 0 Å². The standard InChI is InChI=1S/C6H8O/c7-5-3-6(4-5)1-2-6/h1-4H2/i3D2,4D2. The van der Waals surface area contributed by atoms with E-state index >= 15 is 0 Å². The van der Waals surface area contributed by atoms with Gasteiger partial charge in [-0.15, -0.1) is 0 Å². The zero-order valence-electron chi connectivity index (χ0n) is 7.82. The maximum Gasteiger partial charge on any atom is 0.134 e. The quantitative estimate of drug-likeness (QED) is 0.446. The number of Topliss-reactive ketones (excluding diaryl/α,β-unsaturated/α-hetero) is 1. The minimum atomic E-state index is -1.89. The first-order chi connectivity index (χ1) is 4.86. The molecule has 0 amide bonds. The topological polar surface area (TPSA) is 17.1 Å². The lowest BCUT2D eigenvalue weighted by Crippen LogP contribution is -2.23. The molecule has 0 heterocycles. The Labute approximate surface area is 48.3 Å². The molecular weight excluding hydrogens is 88.1 g/mol. The van der Waals surface area contributed by atoms with Crippen molar-refractivity contribution in [2.24, 2.45) is 5.41 Å². The molecule has 1 nitrogen and oxygen atoms in total. The molecule has 2 aliphatic carbocycles. The van der Waals surface area contributed by atoms with Gasteiger partial charge in [0.05, 0.1) is 0 Å². The average molecular weight is 100 g/mol. The first kappa shape index (κ1) is 1.57. The third-order valence-electron chi connectivity index (χ3n) is 1.46. The summed E-state index contributed by atoms with van der Waals surface area (Å²) in [5.41, 5.74) is -0.947. The minimum absolute atomic E-state index is 0.513. The van der Waals surface area contributed by atoms with Crippen molar-refractivity contribution < 1.29 is 10.3 Å². The molecule has 0 aliphatic heterocycles. The molecule has 1 spiro atoms. The molecule has 0 aromatic carbocycles. The monoisotopic (exact) mass is 100 g/mol. The van der Waals surface area contributed by atoms with Crippen LogP contribution in [0.15, 0.2) is 0 Å². The Morgan fingerprint density at radius 1 is 1.57 bits per heavy atom. The van der Waals surface area contributed by atoms with Crippen molar-refractivity contribution in [2.45, 2.75) is 25.6 Å². The molecule has 38 valence electrons. The van der Waals surface area contributed by atoms with Crippen LogP contribution in [0.1, 0.15) is 31.1 Å². The highest BCUT2D eigenvalue weighted by atomic mass is 16.1. The van der Waals surface area contributed by atoms with Crippen LogP contribution in [0, 0.1) is 5.41 Å². The molecule has 0 atom stereocenters. The molecule has 0 N–H and O–H groups in total. The Balaban J connectivity index is 2.41. The number of rotatable bonds is 0. The SMILES string of the molecule is [2H]C1([2H])C(=O)C([2H])([2H])C12CC2. The lowest BCUT2D eigenvalue weighted by atomic mass is 9.81. The molecule has 2 saturated carbocycles. The summed E-state index contributed by atoms with van der Waals surface area (Å²) in [6.07, 6.45) is -2.76. The molecule has 7 heavy (non-hydrogen) atoms. The fourth-order valence-electron chi connectivity index (χ4n) is 0.810. The molecule has 0 radical (unpaired) electrons. The minimum Gasteiger partial charge on any atom is -0.300 e. The second kappa shape index (κ2) is 0.770. The summed E-state index contributed by atoms with van der Waals surface area (Å²) in [4.78, 5) is 10.9. The molecular formula is C6H8O. The van der Waals surface area contributed by atoms with E-state index in [1.807, 2.05) is 0 Å². The third-order valence-corrected chi connectivity index (χ3v) is 1.46. The molecule has 0 unspecified atom stereocenters. The number of hydrogen-bond acceptors (Lipinski definition) is 1. The van der Waals surface area contributed by atoms with Crippen LogP contribution in [0.25, 0.3) is 0 Å². The predicted octanol–water partition coefficient (Wildman–Crippen LogP) is 1.13. The highest BCUT2D eigenvalue weighted by Crippen LogP contribution is 2.58. The molecule has 0 aromatic heterocycles. The fourth-order valence-corrected chi connectivity index (χ4v) is 0.810. The smallest absolute Gasteiger partial charge is 0.134 e. The summed E-state index contributed by atoms with van der Waals surface area (Å²) in [5, 5.41) is 0. The van der Waals surface area contributed by atoms with Gasteiger partial charge in [0, 0.05) is 18.2 Å². The molecule has 0 bridgehead atoms.